The number of hydrogen-bond acceptors (Lipinski definition) is 3. The number of hydrogen-bond donors (Lipinski definition) is 1. The van der Waals surface area contributed by atoms with Crippen molar-refractivity contribution in [1.29, 1.82) is 0 Å². The van der Waals surface area contributed by atoms with Crippen molar-refractivity contribution in [1.82, 2.24) is 10.2 Å². The Balaban J connectivity index is 2.66. The third kappa shape index (κ3) is 2.35. The van der Waals surface area contributed by atoms with Gasteiger partial charge in [0.15, 0.2) is 5.78 Å². The van der Waals surface area contributed by atoms with Crippen molar-refractivity contribution in [2.45, 2.75) is 25.2 Å². The van der Waals surface area contributed by atoms with Gasteiger partial charge in [-0.05, 0) is 20.4 Å². The van der Waals surface area contributed by atoms with E-state index in [1.165, 1.54) is 6.92 Å². The normalized spacial score (nSPS) is 26.6. The van der Waals surface area contributed by atoms with E-state index in [1.807, 2.05) is 0 Å². The van der Waals surface area contributed by atoms with Gasteiger partial charge in [-0.15, -0.1) is 0 Å². The molecule has 0 unspecified atom stereocenters. The number of ketones is 1. The summed E-state index contributed by atoms with van der Waals surface area (Å²) in [6.45, 7) is 2.25. The molecule has 14 heavy (non-hydrogen) atoms. The van der Waals surface area contributed by atoms with Gasteiger partial charge in [0.25, 0.3) is 0 Å². The van der Waals surface area contributed by atoms with E-state index in [-0.39, 0.29) is 30.1 Å². The molecule has 0 aromatic rings. The summed E-state index contributed by atoms with van der Waals surface area (Å²) >= 11 is 0. The molecule has 1 fully saturated rings. The zero-order chi connectivity index (χ0) is 10.7. The summed E-state index contributed by atoms with van der Waals surface area (Å²) in [4.78, 5) is 24.4. The highest BCUT2D eigenvalue weighted by molar-refractivity contribution is 6.12. The lowest BCUT2D eigenvalue weighted by atomic mass is 9.85. The van der Waals surface area contributed by atoms with Crippen LogP contribution < -0.4 is 5.32 Å². The Hall–Kier alpha value is -0.835. The zero-order valence-corrected chi connectivity index (χ0v) is 8.62. The number of Topliss-reactive ketones (excluding diaryl/α,β-unsaturated/α-hetero) is 1. The van der Waals surface area contributed by atoms with Crippen molar-refractivity contribution in [2.24, 2.45) is 0 Å². The van der Waals surface area contributed by atoms with Crippen molar-refractivity contribution < 1.29 is 9.59 Å². The molecule has 0 aliphatic carbocycles. The van der Waals surface area contributed by atoms with Crippen LogP contribution in [0.2, 0.25) is 5.82 Å². The summed E-state index contributed by atoms with van der Waals surface area (Å²) in [5, 5.41) is 2.78. The van der Waals surface area contributed by atoms with E-state index < -0.39 is 0 Å². The summed E-state index contributed by atoms with van der Waals surface area (Å²) in [6, 6.07) is -0.314. The highest BCUT2D eigenvalue weighted by Gasteiger charge is 2.34. The van der Waals surface area contributed by atoms with Crippen LogP contribution in [0.15, 0.2) is 0 Å². The van der Waals surface area contributed by atoms with Crippen molar-refractivity contribution >= 4 is 19.5 Å². The number of nitrogens with one attached hydrogen (secondary N) is 1. The second-order valence-electron chi connectivity index (χ2n) is 3.70. The second kappa shape index (κ2) is 4.60. The predicted molar refractivity (Wildman–Crippen MR) is 54.2 cm³/mol. The van der Waals surface area contributed by atoms with Gasteiger partial charge in [0.2, 0.25) is 5.91 Å². The maximum absolute atomic E-state index is 11.6. The van der Waals surface area contributed by atoms with Crippen LogP contribution in [0, 0.1) is 0 Å². The van der Waals surface area contributed by atoms with Gasteiger partial charge in [0.05, 0.1) is 20.4 Å². The Morgan fingerprint density at radius 3 is 2.71 bits per heavy atom. The van der Waals surface area contributed by atoms with Gasteiger partial charge in [0, 0.05) is 6.54 Å². The fourth-order valence-corrected chi connectivity index (χ4v) is 1.78. The van der Waals surface area contributed by atoms with E-state index in [0.29, 0.717) is 13.0 Å². The van der Waals surface area contributed by atoms with E-state index in [2.05, 4.69) is 5.32 Å². The lowest BCUT2D eigenvalue weighted by Crippen LogP contribution is -2.43. The van der Waals surface area contributed by atoms with Crippen LogP contribution in [0.4, 0.5) is 0 Å². The van der Waals surface area contributed by atoms with Crippen LogP contribution in [0.1, 0.15) is 13.3 Å². The van der Waals surface area contributed by atoms with E-state index >= 15 is 0 Å². The number of carbonyl (C=O) groups is 2. The molecule has 0 spiro atoms. The van der Waals surface area contributed by atoms with Gasteiger partial charge in [-0.2, -0.15) is 0 Å². The Bertz CT molecular complexity index is 245. The van der Waals surface area contributed by atoms with Crippen molar-refractivity contribution in [3.8, 4) is 0 Å². The van der Waals surface area contributed by atoms with Crippen LogP contribution >= 0.6 is 0 Å². The molecule has 0 bridgehead atoms. The molecule has 0 aromatic carbocycles. The molecule has 1 heterocycles. The van der Waals surface area contributed by atoms with Crippen LogP contribution in [0.25, 0.3) is 0 Å². The van der Waals surface area contributed by atoms with Gasteiger partial charge in [-0.25, -0.2) is 0 Å². The average molecular weight is 194 g/mol. The van der Waals surface area contributed by atoms with Gasteiger partial charge in [-0.3, -0.25) is 9.59 Å². The van der Waals surface area contributed by atoms with E-state index in [4.69, 9.17) is 7.85 Å². The maximum Gasteiger partial charge on any atom is 0.237 e. The molecule has 2 radical (unpaired) electrons. The average Bonchev–Trinajstić information content (AvgIpc) is 2.48. The molecule has 5 heteroatoms. The van der Waals surface area contributed by atoms with Crippen molar-refractivity contribution in [2.75, 3.05) is 20.1 Å². The third-order valence-electron chi connectivity index (χ3n) is 2.45. The van der Waals surface area contributed by atoms with Gasteiger partial charge in [0.1, 0.15) is 0 Å². The monoisotopic (exact) mass is 194 g/mol. The predicted octanol–water partition coefficient (Wildman–Crippen LogP) is -0.647. The topological polar surface area (TPSA) is 49.4 Å². The van der Waals surface area contributed by atoms with Crippen LogP contribution in [-0.4, -0.2) is 50.6 Å². The molecule has 76 valence electrons. The molecule has 1 rings (SSSR count). The molecule has 2 atom stereocenters. The lowest BCUT2D eigenvalue weighted by molar-refractivity contribution is -0.136. The number of carbonyl (C=O) groups excluding carboxylic acids is 2. The first kappa shape index (κ1) is 11.2. The summed E-state index contributed by atoms with van der Waals surface area (Å²) < 4.78 is 0. The number of likely N-dealkylation sites (N-methyl/N-ethyl adjacent to an activating group) is 1. The molecule has 1 amide bonds. The summed E-state index contributed by atoms with van der Waals surface area (Å²) in [5.41, 5.74) is 0. The molecule has 4 nitrogen and oxygen atoms in total. The smallest absolute Gasteiger partial charge is 0.237 e. The standard InChI is InChI=1S/C9H15BN2O2/c1-6(13)8-3-7(10)5-12(8)9(14)4-11-2/h7-8,11H,3-5H2,1-2H3/t7-,8-/m1/s1. The maximum atomic E-state index is 11.6. The van der Waals surface area contributed by atoms with E-state index in [1.54, 1.807) is 11.9 Å². The third-order valence-corrected chi connectivity index (χ3v) is 2.45. The van der Waals surface area contributed by atoms with Gasteiger partial charge in [-0.1, -0.05) is 5.82 Å². The fraction of sp³-hybridized carbons (Fsp3) is 0.778. The summed E-state index contributed by atoms with van der Waals surface area (Å²) in [7, 11) is 7.43. The highest BCUT2D eigenvalue weighted by atomic mass is 16.2. The Labute approximate surface area is 85.4 Å². The first-order valence-electron chi connectivity index (χ1n) is 4.76. The Morgan fingerprint density at radius 1 is 1.57 bits per heavy atom. The number of likely N-dealkylation sites (tertiary alicyclic amines) is 1. The molecule has 0 saturated carbocycles. The van der Waals surface area contributed by atoms with Gasteiger partial charge >= 0.3 is 0 Å². The van der Waals surface area contributed by atoms with E-state index in [0.717, 1.165) is 0 Å². The fourth-order valence-electron chi connectivity index (χ4n) is 1.78. The summed E-state index contributed by atoms with van der Waals surface area (Å²) in [6.07, 6.45) is 0.588. The van der Waals surface area contributed by atoms with Crippen LogP contribution in [0.5, 0.6) is 0 Å². The second-order valence-corrected chi connectivity index (χ2v) is 3.70. The first-order chi connectivity index (χ1) is 6.56. The zero-order valence-electron chi connectivity index (χ0n) is 8.62. The number of rotatable bonds is 3. The minimum absolute atomic E-state index is 0.0161. The Kier molecular flexibility index (Phi) is 3.69. The molecule has 1 aliphatic heterocycles. The van der Waals surface area contributed by atoms with Crippen LogP contribution in [-0.2, 0) is 9.59 Å². The molecule has 0 aromatic heterocycles. The SMILES string of the molecule is [B][C@@H]1C[C@H](C(C)=O)N(C(=O)CNC)C1. The molecule has 1 saturated heterocycles. The lowest BCUT2D eigenvalue weighted by Gasteiger charge is -2.22. The van der Waals surface area contributed by atoms with Crippen molar-refractivity contribution in [3.63, 3.8) is 0 Å². The Morgan fingerprint density at radius 2 is 2.21 bits per heavy atom. The van der Waals surface area contributed by atoms with E-state index in [9.17, 15) is 9.59 Å². The first-order valence-corrected chi connectivity index (χ1v) is 4.76. The number of nitrogens with zero attached hydrogens (tertiary/aromatic N) is 1. The quantitative estimate of drug-likeness (QED) is 0.607. The molecular weight excluding hydrogens is 179 g/mol. The largest absolute Gasteiger partial charge is 0.332 e. The molecule has 1 N–H and O–H groups in total. The summed E-state index contributed by atoms with van der Waals surface area (Å²) in [5.74, 6) is -0.104. The highest BCUT2D eigenvalue weighted by Crippen LogP contribution is 2.25. The minimum atomic E-state index is -0.314. The minimum Gasteiger partial charge on any atom is -0.332 e. The van der Waals surface area contributed by atoms with Crippen LogP contribution in [0.3, 0.4) is 0 Å². The molecule has 1 aliphatic rings. The van der Waals surface area contributed by atoms with Crippen molar-refractivity contribution in [3.05, 3.63) is 0 Å². The molecular formula is C9H15BN2O2. The number of amides is 1. The van der Waals surface area contributed by atoms with Gasteiger partial charge < -0.3 is 10.2 Å².